The van der Waals surface area contributed by atoms with Crippen molar-refractivity contribution in [3.8, 4) is 0 Å². The molecule has 9 heteroatoms. The first-order valence-corrected chi connectivity index (χ1v) is 7.86. The quantitative estimate of drug-likeness (QED) is 0.597. The van der Waals surface area contributed by atoms with Gasteiger partial charge in [0.1, 0.15) is 5.10 Å². The molecule has 1 aromatic rings. The summed E-state index contributed by atoms with van der Waals surface area (Å²) in [6.45, 7) is 4.12. The van der Waals surface area contributed by atoms with Crippen LogP contribution in [0.4, 0.5) is 0 Å². The number of ether oxygens (including phenoxy) is 1. The molecule has 2 aliphatic rings. The van der Waals surface area contributed by atoms with E-state index in [0.717, 1.165) is 6.42 Å². The fourth-order valence-electron chi connectivity index (χ4n) is 3.14. The van der Waals surface area contributed by atoms with E-state index >= 15 is 0 Å². The highest BCUT2D eigenvalue weighted by atomic mass is 16.7. The number of pyridine rings is 1. The van der Waals surface area contributed by atoms with Crippen LogP contribution < -0.4 is 0 Å². The Kier molecular flexibility index (Phi) is 4.70. The van der Waals surface area contributed by atoms with Crippen molar-refractivity contribution in [2.45, 2.75) is 19.4 Å². The lowest BCUT2D eigenvalue weighted by Crippen LogP contribution is -2.40. The summed E-state index contributed by atoms with van der Waals surface area (Å²) >= 11 is 0. The average molecular weight is 333 g/mol. The Morgan fingerprint density at radius 3 is 2.83 bits per heavy atom. The fraction of sp³-hybridized carbons (Fsp3) is 0.533. The van der Waals surface area contributed by atoms with Gasteiger partial charge in [-0.2, -0.15) is 0 Å². The third kappa shape index (κ3) is 3.51. The van der Waals surface area contributed by atoms with Crippen molar-refractivity contribution >= 4 is 11.9 Å². The zero-order chi connectivity index (χ0) is 17.1. The second-order valence-corrected chi connectivity index (χ2v) is 6.02. The van der Waals surface area contributed by atoms with Crippen molar-refractivity contribution < 1.29 is 14.6 Å². The number of carbonyl (C=O) groups excluding carboxylic acids is 1. The summed E-state index contributed by atoms with van der Waals surface area (Å²) in [6.07, 6.45) is 4.13. The van der Waals surface area contributed by atoms with E-state index in [-0.39, 0.29) is 23.9 Å². The van der Waals surface area contributed by atoms with E-state index in [4.69, 9.17) is 4.74 Å². The maximum atomic E-state index is 12.6. The zero-order valence-corrected chi connectivity index (χ0v) is 13.4. The van der Waals surface area contributed by atoms with Crippen LogP contribution in [0.2, 0.25) is 0 Å². The molecule has 1 amide bonds. The highest BCUT2D eigenvalue weighted by Crippen LogP contribution is 2.23. The SMILES string of the molecule is CC1CC(CN2CCN(C(=O)c3ccncc3)C2=N[N+](=O)[O-])CO1. The second-order valence-electron chi connectivity index (χ2n) is 6.02. The van der Waals surface area contributed by atoms with Gasteiger partial charge in [-0.1, -0.05) is 0 Å². The van der Waals surface area contributed by atoms with Gasteiger partial charge >= 0.3 is 0 Å². The summed E-state index contributed by atoms with van der Waals surface area (Å²) < 4.78 is 5.55. The maximum absolute atomic E-state index is 12.6. The molecular weight excluding hydrogens is 314 g/mol. The molecule has 128 valence electrons. The van der Waals surface area contributed by atoms with Gasteiger partial charge in [-0.05, 0) is 25.5 Å². The normalized spacial score (nSPS) is 25.5. The average Bonchev–Trinajstić information content (AvgIpc) is 3.14. The first-order valence-electron chi connectivity index (χ1n) is 7.86. The molecular formula is C15H19N5O4. The van der Waals surface area contributed by atoms with Crippen molar-refractivity contribution in [3.05, 3.63) is 40.2 Å². The van der Waals surface area contributed by atoms with Crippen LogP contribution in [0.25, 0.3) is 0 Å². The lowest BCUT2D eigenvalue weighted by Gasteiger charge is -2.21. The molecule has 2 saturated heterocycles. The molecule has 0 saturated carbocycles. The van der Waals surface area contributed by atoms with Gasteiger partial charge < -0.3 is 9.64 Å². The van der Waals surface area contributed by atoms with Gasteiger partial charge in [-0.25, -0.2) is 10.1 Å². The molecule has 2 unspecified atom stereocenters. The molecule has 2 aliphatic heterocycles. The number of amides is 1. The number of aromatic nitrogens is 1. The van der Waals surface area contributed by atoms with Crippen molar-refractivity contribution in [2.75, 3.05) is 26.2 Å². The standard InChI is InChI=1S/C15H19N5O4/c1-11-8-12(10-24-11)9-18-6-7-19(15(18)17-20(22)23)14(21)13-2-4-16-5-3-13/h2-5,11-12H,6-10H2,1H3. The van der Waals surface area contributed by atoms with Crippen LogP contribution in [0.15, 0.2) is 29.6 Å². The van der Waals surface area contributed by atoms with Gasteiger partial charge in [0, 0.05) is 43.5 Å². The highest BCUT2D eigenvalue weighted by Gasteiger charge is 2.36. The molecule has 9 nitrogen and oxygen atoms in total. The van der Waals surface area contributed by atoms with Crippen molar-refractivity contribution in [3.63, 3.8) is 0 Å². The summed E-state index contributed by atoms with van der Waals surface area (Å²) in [4.78, 5) is 30.6. The summed E-state index contributed by atoms with van der Waals surface area (Å²) in [5, 5.41) is 13.6. The van der Waals surface area contributed by atoms with Crippen molar-refractivity contribution in [2.24, 2.45) is 11.0 Å². The van der Waals surface area contributed by atoms with Gasteiger partial charge in [0.05, 0.1) is 12.7 Å². The Morgan fingerprint density at radius 1 is 1.46 bits per heavy atom. The maximum Gasteiger partial charge on any atom is 0.281 e. The second kappa shape index (κ2) is 6.91. The van der Waals surface area contributed by atoms with Gasteiger partial charge in [-0.15, -0.1) is 0 Å². The minimum Gasteiger partial charge on any atom is -0.378 e. The first kappa shape index (κ1) is 16.3. The molecule has 2 atom stereocenters. The summed E-state index contributed by atoms with van der Waals surface area (Å²) in [7, 11) is 0. The predicted octanol–water partition coefficient (Wildman–Crippen LogP) is 0.812. The van der Waals surface area contributed by atoms with E-state index in [2.05, 4.69) is 10.1 Å². The lowest BCUT2D eigenvalue weighted by molar-refractivity contribution is -0.486. The predicted molar refractivity (Wildman–Crippen MR) is 84.8 cm³/mol. The third-order valence-electron chi connectivity index (χ3n) is 4.22. The van der Waals surface area contributed by atoms with Crippen LogP contribution in [0.1, 0.15) is 23.7 Å². The number of carbonyl (C=O) groups is 1. The molecule has 24 heavy (non-hydrogen) atoms. The smallest absolute Gasteiger partial charge is 0.281 e. The van der Waals surface area contributed by atoms with Gasteiger partial charge in [-0.3, -0.25) is 14.7 Å². The topological polar surface area (TPSA) is 101 Å². The summed E-state index contributed by atoms with van der Waals surface area (Å²) in [5.41, 5.74) is 0.431. The molecule has 0 spiro atoms. The third-order valence-corrected chi connectivity index (χ3v) is 4.22. The number of hydrazone groups is 1. The van der Waals surface area contributed by atoms with Crippen LogP contribution in [0, 0.1) is 16.0 Å². The monoisotopic (exact) mass is 333 g/mol. The molecule has 1 aromatic heterocycles. The van der Waals surface area contributed by atoms with Gasteiger partial charge in [0.15, 0.2) is 5.03 Å². The van der Waals surface area contributed by atoms with Crippen LogP contribution in [-0.4, -0.2) is 64.0 Å². The van der Waals surface area contributed by atoms with E-state index in [9.17, 15) is 14.9 Å². The molecule has 2 fully saturated rings. The number of rotatable bonds is 4. The molecule has 0 bridgehead atoms. The molecule has 0 aliphatic carbocycles. The summed E-state index contributed by atoms with van der Waals surface area (Å²) in [5.74, 6) is 0.0748. The molecule has 3 rings (SSSR count). The van der Waals surface area contributed by atoms with Crippen LogP contribution in [0.5, 0.6) is 0 Å². The highest BCUT2D eigenvalue weighted by molar-refractivity contribution is 6.06. The van der Waals surface area contributed by atoms with Crippen LogP contribution >= 0.6 is 0 Å². The Hall–Kier alpha value is -2.55. The van der Waals surface area contributed by atoms with Crippen molar-refractivity contribution in [1.82, 2.24) is 14.8 Å². The number of hydrogen-bond acceptors (Lipinski definition) is 5. The van der Waals surface area contributed by atoms with Crippen molar-refractivity contribution in [1.29, 1.82) is 0 Å². The number of nitro groups is 1. The van der Waals surface area contributed by atoms with Gasteiger partial charge in [0.2, 0.25) is 0 Å². The fourth-order valence-corrected chi connectivity index (χ4v) is 3.14. The van der Waals surface area contributed by atoms with Gasteiger partial charge in [0.25, 0.3) is 11.9 Å². The molecule has 0 N–H and O–H groups in total. The van der Waals surface area contributed by atoms with E-state index in [1.165, 1.54) is 17.3 Å². The van der Waals surface area contributed by atoms with E-state index in [0.29, 0.717) is 31.8 Å². The van der Waals surface area contributed by atoms with E-state index in [1.54, 1.807) is 17.0 Å². The number of nitrogens with zero attached hydrogens (tertiary/aromatic N) is 5. The molecule has 3 heterocycles. The summed E-state index contributed by atoms with van der Waals surface area (Å²) in [6, 6.07) is 3.17. The zero-order valence-electron chi connectivity index (χ0n) is 13.4. The lowest BCUT2D eigenvalue weighted by atomic mass is 10.1. The number of guanidine groups is 1. The Labute approximate surface area is 139 Å². The minimum atomic E-state index is -0.756. The Balaban J connectivity index is 1.78. The first-order chi connectivity index (χ1) is 11.5. The molecule has 0 aromatic carbocycles. The van der Waals surface area contributed by atoms with Crippen LogP contribution in [0.3, 0.4) is 0 Å². The Bertz CT molecular complexity index is 651. The largest absolute Gasteiger partial charge is 0.378 e. The van der Waals surface area contributed by atoms with Crippen LogP contribution in [-0.2, 0) is 4.74 Å². The minimum absolute atomic E-state index is 0.0985. The number of hydrogen-bond donors (Lipinski definition) is 0. The molecule has 0 radical (unpaired) electrons. The Morgan fingerprint density at radius 2 is 2.21 bits per heavy atom. The van der Waals surface area contributed by atoms with E-state index < -0.39 is 5.03 Å². The van der Waals surface area contributed by atoms with E-state index in [1.807, 2.05) is 6.92 Å².